The highest BCUT2D eigenvalue weighted by molar-refractivity contribution is 7.59. The van der Waals surface area contributed by atoms with Crippen LogP contribution in [0.4, 0.5) is 4.39 Å². The highest BCUT2D eigenvalue weighted by Crippen LogP contribution is 2.34. The van der Waals surface area contributed by atoms with E-state index in [9.17, 15) is 18.8 Å². The van der Waals surface area contributed by atoms with Crippen molar-refractivity contribution in [2.24, 2.45) is 5.92 Å². The quantitative estimate of drug-likeness (QED) is 0.577. The number of carbonyl (C=O) groups excluding carboxylic acids is 3. The lowest BCUT2D eigenvalue weighted by molar-refractivity contribution is -0.139. The zero-order chi connectivity index (χ0) is 20.5. The van der Waals surface area contributed by atoms with Crippen molar-refractivity contribution in [2.45, 2.75) is 55.7 Å². The highest BCUT2D eigenvalue weighted by atomic mass is 35.5. The van der Waals surface area contributed by atoms with Crippen LogP contribution in [0.5, 0.6) is 0 Å². The third-order valence-corrected chi connectivity index (χ3v) is 6.55. The first-order valence-electron chi connectivity index (χ1n) is 10.1. The first-order chi connectivity index (χ1) is 14.0. The zero-order valence-corrected chi connectivity index (χ0v) is 22.7. The van der Waals surface area contributed by atoms with Crippen molar-refractivity contribution in [3.05, 3.63) is 35.6 Å². The summed E-state index contributed by atoms with van der Waals surface area (Å²) < 4.78 is 19.0. The van der Waals surface area contributed by atoms with E-state index in [1.54, 1.807) is 0 Å². The molecule has 1 aromatic rings. The lowest BCUT2D eigenvalue weighted by Gasteiger charge is -2.34. The van der Waals surface area contributed by atoms with E-state index in [0.29, 0.717) is 0 Å². The molecule has 2 amide bonds. The van der Waals surface area contributed by atoms with Crippen LogP contribution in [0, 0.1) is 11.7 Å². The smallest absolute Gasteiger partial charge is 0.252 e. The van der Waals surface area contributed by atoms with Crippen LogP contribution in [0.3, 0.4) is 0 Å². The average Bonchev–Trinajstić information content (AvgIpc) is 3.27. The molecule has 0 bridgehead atoms. The van der Waals surface area contributed by atoms with Crippen LogP contribution in [-0.2, 0) is 14.3 Å². The van der Waals surface area contributed by atoms with Crippen LogP contribution in [0.1, 0.15) is 42.5 Å². The van der Waals surface area contributed by atoms with Gasteiger partial charge in [0.1, 0.15) is 30.6 Å². The standard InChI is InChI=1S/C21H24ClFN2O4.4H2S/c22-15-10-25(18-16(26)11-29-19(15)18)21(28)17(12-5-2-1-3-6-12)24-20(27)13-7-4-8-14(23)9-13;;;;/h4,7-9,12,15,17-19H,1-3,5-6,10-11H2,(H,24,27);4*1H2/t15-,17-,18+,19+;;;;/m0..../s1. The number of Topliss-reactive ketones (excluding diaryl/α,β-unsaturated/α-hetero) is 1. The maximum atomic E-state index is 13.5. The molecule has 3 aliphatic rings. The van der Waals surface area contributed by atoms with Crippen molar-refractivity contribution < 1.29 is 23.5 Å². The first-order valence-corrected chi connectivity index (χ1v) is 10.5. The Labute approximate surface area is 226 Å². The third kappa shape index (κ3) is 6.98. The molecule has 2 heterocycles. The number of carbonyl (C=O) groups is 3. The molecule has 0 radical (unpaired) electrons. The summed E-state index contributed by atoms with van der Waals surface area (Å²) in [6, 6.07) is 3.91. The summed E-state index contributed by atoms with van der Waals surface area (Å²) in [5, 5.41) is 2.37. The van der Waals surface area contributed by atoms with Gasteiger partial charge in [0.25, 0.3) is 5.91 Å². The molecule has 0 unspecified atom stereocenters. The van der Waals surface area contributed by atoms with E-state index in [4.69, 9.17) is 16.3 Å². The summed E-state index contributed by atoms with van der Waals surface area (Å²) >= 11 is 6.33. The predicted molar refractivity (Wildman–Crippen MR) is 146 cm³/mol. The molecule has 12 heteroatoms. The minimum absolute atomic E-state index is 0. The van der Waals surface area contributed by atoms with Crippen LogP contribution >= 0.6 is 65.6 Å². The first kappa shape index (κ1) is 32.4. The number of hydrogen-bond donors (Lipinski definition) is 1. The molecule has 0 spiro atoms. The molecule has 4 atom stereocenters. The maximum Gasteiger partial charge on any atom is 0.252 e. The van der Waals surface area contributed by atoms with Gasteiger partial charge in [-0.1, -0.05) is 25.3 Å². The number of rotatable bonds is 4. The monoisotopic (exact) mass is 558 g/mol. The molecule has 2 saturated heterocycles. The highest BCUT2D eigenvalue weighted by Gasteiger charge is 2.53. The Morgan fingerprint density at radius 1 is 1.12 bits per heavy atom. The number of alkyl halides is 1. The Kier molecular flexibility index (Phi) is 13.8. The summed E-state index contributed by atoms with van der Waals surface area (Å²) in [6.07, 6.45) is 4.19. The molecule has 1 aliphatic carbocycles. The van der Waals surface area contributed by atoms with Crippen LogP contribution < -0.4 is 5.32 Å². The number of hydrogen-bond acceptors (Lipinski definition) is 4. The van der Waals surface area contributed by atoms with Crippen LogP contribution in [0.25, 0.3) is 0 Å². The summed E-state index contributed by atoms with van der Waals surface area (Å²) in [7, 11) is 0. The molecule has 0 aromatic heterocycles. The fourth-order valence-corrected chi connectivity index (χ4v) is 5.06. The molecule has 1 aromatic carbocycles. The molecule has 3 fully saturated rings. The molecular formula is C21H32ClFN2O4S4. The van der Waals surface area contributed by atoms with Crippen molar-refractivity contribution >= 4 is 83.2 Å². The van der Waals surface area contributed by atoms with Gasteiger partial charge in [-0.25, -0.2) is 4.39 Å². The molecule has 4 rings (SSSR count). The minimum Gasteiger partial charge on any atom is -0.366 e. The molecule has 33 heavy (non-hydrogen) atoms. The summed E-state index contributed by atoms with van der Waals surface area (Å²) in [4.78, 5) is 40.0. The topological polar surface area (TPSA) is 75.7 Å². The van der Waals surface area contributed by atoms with E-state index in [1.165, 1.54) is 23.1 Å². The lowest BCUT2D eigenvalue weighted by Crippen LogP contribution is -2.55. The van der Waals surface area contributed by atoms with Gasteiger partial charge in [-0.05, 0) is 37.0 Å². The Hall–Kier alpha value is -0.590. The van der Waals surface area contributed by atoms with Gasteiger partial charge in [0, 0.05) is 12.1 Å². The van der Waals surface area contributed by atoms with E-state index in [-0.39, 0.29) is 90.3 Å². The van der Waals surface area contributed by atoms with E-state index in [0.717, 1.165) is 38.2 Å². The van der Waals surface area contributed by atoms with Gasteiger partial charge in [0.2, 0.25) is 5.91 Å². The van der Waals surface area contributed by atoms with Gasteiger partial charge >= 0.3 is 0 Å². The molecule has 6 nitrogen and oxygen atoms in total. The lowest BCUT2D eigenvalue weighted by atomic mass is 9.83. The fourth-order valence-electron chi connectivity index (χ4n) is 4.71. The van der Waals surface area contributed by atoms with Gasteiger partial charge in [-0.2, -0.15) is 54.0 Å². The number of halogens is 2. The number of ether oxygens (including phenoxy) is 1. The normalized spacial score (nSPS) is 24.8. The van der Waals surface area contributed by atoms with Gasteiger partial charge in [-0.15, -0.1) is 11.6 Å². The second-order valence-corrected chi connectivity index (χ2v) is 8.61. The van der Waals surface area contributed by atoms with Gasteiger partial charge < -0.3 is 15.0 Å². The number of ketones is 1. The second-order valence-electron chi connectivity index (χ2n) is 8.05. The molecule has 188 valence electrons. The van der Waals surface area contributed by atoms with Crippen LogP contribution in [0.2, 0.25) is 0 Å². The fraction of sp³-hybridized carbons (Fsp3) is 0.571. The minimum atomic E-state index is -0.776. The third-order valence-electron chi connectivity index (χ3n) is 6.17. The summed E-state index contributed by atoms with van der Waals surface area (Å²) in [5.74, 6) is -1.51. The number of likely N-dealkylation sites (tertiary alicyclic amines) is 1. The Morgan fingerprint density at radius 3 is 2.42 bits per heavy atom. The van der Waals surface area contributed by atoms with Gasteiger partial charge in [0.15, 0.2) is 5.78 Å². The van der Waals surface area contributed by atoms with E-state index in [1.807, 2.05) is 0 Å². The number of benzene rings is 1. The van der Waals surface area contributed by atoms with Gasteiger partial charge in [-0.3, -0.25) is 14.4 Å². The van der Waals surface area contributed by atoms with E-state index in [2.05, 4.69) is 5.32 Å². The Bertz CT molecular complexity index is 831. The molecule has 1 saturated carbocycles. The summed E-state index contributed by atoms with van der Waals surface area (Å²) in [6.45, 7) is 0.159. The summed E-state index contributed by atoms with van der Waals surface area (Å²) in [5.41, 5.74) is 0.161. The largest absolute Gasteiger partial charge is 0.366 e. The molecule has 1 N–H and O–H groups in total. The Balaban J connectivity index is 0.00000256. The molecule has 2 aliphatic heterocycles. The van der Waals surface area contributed by atoms with Crippen LogP contribution in [-0.4, -0.2) is 59.2 Å². The van der Waals surface area contributed by atoms with E-state index < -0.39 is 35.3 Å². The molecular weight excluding hydrogens is 527 g/mol. The number of fused-ring (bicyclic) bond motifs is 1. The van der Waals surface area contributed by atoms with Crippen molar-refractivity contribution in [1.29, 1.82) is 0 Å². The second kappa shape index (κ2) is 14.1. The Morgan fingerprint density at radius 2 is 1.79 bits per heavy atom. The van der Waals surface area contributed by atoms with Crippen molar-refractivity contribution in [2.75, 3.05) is 13.2 Å². The van der Waals surface area contributed by atoms with Crippen molar-refractivity contribution in [3.8, 4) is 0 Å². The SMILES string of the molecule is O=C(N[C@H](C(=O)N1C[C@H](Cl)[C@H]2OCC(=O)[C@H]21)C1CCCCC1)c1cccc(F)c1.S.S.S.S. The number of amides is 2. The zero-order valence-electron chi connectivity index (χ0n) is 18.0. The number of nitrogens with zero attached hydrogens (tertiary/aromatic N) is 1. The van der Waals surface area contributed by atoms with E-state index >= 15 is 0 Å². The maximum absolute atomic E-state index is 13.5. The van der Waals surface area contributed by atoms with Crippen LogP contribution in [0.15, 0.2) is 24.3 Å². The predicted octanol–water partition coefficient (Wildman–Crippen LogP) is 2.74. The number of nitrogens with one attached hydrogen (secondary N) is 1. The van der Waals surface area contributed by atoms with Crippen molar-refractivity contribution in [3.63, 3.8) is 0 Å². The average molecular weight is 559 g/mol. The van der Waals surface area contributed by atoms with Gasteiger partial charge in [0.05, 0.1) is 5.38 Å². The van der Waals surface area contributed by atoms with Crippen molar-refractivity contribution in [1.82, 2.24) is 10.2 Å².